The predicted molar refractivity (Wildman–Crippen MR) is 114 cm³/mol. The summed E-state index contributed by atoms with van der Waals surface area (Å²) in [6, 6.07) is 9.69. The molecule has 0 bridgehead atoms. The van der Waals surface area contributed by atoms with Crippen LogP contribution in [0.3, 0.4) is 0 Å². The molecule has 0 saturated carbocycles. The minimum absolute atomic E-state index is 0.0439. The topological polar surface area (TPSA) is 54.1 Å². The number of nitrogens with one attached hydrogen (secondary N) is 2. The summed E-state index contributed by atoms with van der Waals surface area (Å²) in [6.45, 7) is 4.33. The molecule has 4 nitrogen and oxygen atoms in total. The zero-order valence-corrected chi connectivity index (χ0v) is 17.8. The monoisotopic (exact) mass is 436 g/mol. The molecule has 0 unspecified atom stereocenters. The number of alkyl halides is 3. The molecule has 0 aliphatic heterocycles. The molecule has 8 heteroatoms. The van der Waals surface area contributed by atoms with Crippen LogP contribution in [-0.2, 0) is 12.6 Å². The smallest absolute Gasteiger partial charge is 0.417 e. The number of aromatic amines is 1. The van der Waals surface area contributed by atoms with Crippen LogP contribution in [0.4, 0.5) is 13.2 Å². The van der Waals surface area contributed by atoms with Crippen molar-refractivity contribution in [2.75, 3.05) is 12.9 Å². The van der Waals surface area contributed by atoms with Crippen molar-refractivity contribution in [3.63, 3.8) is 0 Å². The molecule has 1 heterocycles. The van der Waals surface area contributed by atoms with Gasteiger partial charge in [-0.1, -0.05) is 24.1 Å². The van der Waals surface area contributed by atoms with Gasteiger partial charge < -0.3 is 9.72 Å². The molecule has 30 heavy (non-hydrogen) atoms. The molecule has 2 N–H and O–H groups in total. The fourth-order valence-corrected chi connectivity index (χ4v) is 3.67. The van der Waals surface area contributed by atoms with E-state index in [9.17, 15) is 18.0 Å². The summed E-state index contributed by atoms with van der Waals surface area (Å²) in [5.74, 6) is 0.269. The normalized spacial score (nSPS) is 11.7. The molecule has 2 aromatic carbocycles. The Bertz CT molecular complexity index is 1060. The van der Waals surface area contributed by atoms with E-state index in [-0.39, 0.29) is 17.5 Å². The summed E-state index contributed by atoms with van der Waals surface area (Å²) in [5, 5.41) is 0.0439. The fourth-order valence-electron chi connectivity index (χ4n) is 3.38. The van der Waals surface area contributed by atoms with Crippen LogP contribution in [0, 0.1) is 13.8 Å². The highest BCUT2D eigenvalue weighted by atomic mass is 32.2. The van der Waals surface area contributed by atoms with Gasteiger partial charge in [-0.15, -0.1) is 0 Å². The number of fused-ring (bicyclic) bond motifs is 1. The Morgan fingerprint density at radius 2 is 1.93 bits per heavy atom. The second-order valence-electron chi connectivity index (χ2n) is 7.04. The van der Waals surface area contributed by atoms with Gasteiger partial charge in [0.1, 0.15) is 11.4 Å². The van der Waals surface area contributed by atoms with E-state index in [2.05, 4.69) is 9.71 Å². The molecular formula is C22H23F3N2O2S. The summed E-state index contributed by atoms with van der Waals surface area (Å²) in [4.78, 5) is 15.3. The van der Waals surface area contributed by atoms with E-state index in [1.54, 1.807) is 12.3 Å². The maximum atomic E-state index is 13.6. The fraction of sp³-hybridized carbons (Fsp3) is 0.318. The van der Waals surface area contributed by atoms with Crippen LogP contribution < -0.4 is 9.46 Å². The Morgan fingerprint density at radius 3 is 2.60 bits per heavy atom. The summed E-state index contributed by atoms with van der Waals surface area (Å²) in [7, 11) is 0. The SMILES string of the molecule is CSNC(=O)c1[nH]c2cccc(C(F)(F)F)c2c1CCCOc1ccc(C)c(C)c1. The molecule has 0 radical (unpaired) electrons. The van der Waals surface area contributed by atoms with Crippen molar-refractivity contribution >= 4 is 28.8 Å². The van der Waals surface area contributed by atoms with Crippen LogP contribution in [-0.4, -0.2) is 23.8 Å². The first kappa shape index (κ1) is 22.1. The minimum Gasteiger partial charge on any atom is -0.494 e. The number of aryl methyl sites for hydroxylation is 3. The van der Waals surface area contributed by atoms with Gasteiger partial charge in [-0.3, -0.25) is 9.52 Å². The Morgan fingerprint density at radius 1 is 1.17 bits per heavy atom. The number of ether oxygens (including phenoxy) is 1. The van der Waals surface area contributed by atoms with E-state index < -0.39 is 17.6 Å². The molecule has 0 spiro atoms. The molecule has 0 atom stereocenters. The lowest BCUT2D eigenvalue weighted by atomic mass is 10.0. The van der Waals surface area contributed by atoms with Crippen molar-refractivity contribution in [3.8, 4) is 5.75 Å². The van der Waals surface area contributed by atoms with E-state index in [1.165, 1.54) is 6.07 Å². The largest absolute Gasteiger partial charge is 0.494 e. The van der Waals surface area contributed by atoms with Gasteiger partial charge in [0.15, 0.2) is 0 Å². The second-order valence-corrected chi connectivity index (χ2v) is 7.65. The van der Waals surface area contributed by atoms with Gasteiger partial charge in [0.2, 0.25) is 0 Å². The van der Waals surface area contributed by atoms with Crippen LogP contribution in [0.2, 0.25) is 0 Å². The maximum absolute atomic E-state index is 13.6. The van der Waals surface area contributed by atoms with Gasteiger partial charge in [0, 0.05) is 17.2 Å². The first-order valence-electron chi connectivity index (χ1n) is 9.46. The van der Waals surface area contributed by atoms with Gasteiger partial charge in [-0.05, 0) is 67.6 Å². The zero-order chi connectivity index (χ0) is 21.9. The van der Waals surface area contributed by atoms with Gasteiger partial charge in [-0.2, -0.15) is 13.2 Å². The van der Waals surface area contributed by atoms with Crippen molar-refractivity contribution in [1.29, 1.82) is 0 Å². The quantitative estimate of drug-likeness (QED) is 0.362. The van der Waals surface area contributed by atoms with Crippen molar-refractivity contribution in [2.45, 2.75) is 32.9 Å². The van der Waals surface area contributed by atoms with E-state index >= 15 is 0 Å². The highest BCUT2D eigenvalue weighted by Gasteiger charge is 2.34. The molecule has 1 aromatic heterocycles. The maximum Gasteiger partial charge on any atom is 0.417 e. The lowest BCUT2D eigenvalue weighted by molar-refractivity contribution is -0.136. The summed E-state index contributed by atoms with van der Waals surface area (Å²) in [5.41, 5.74) is 2.32. The van der Waals surface area contributed by atoms with Gasteiger partial charge in [0.25, 0.3) is 5.91 Å². The number of benzene rings is 2. The van der Waals surface area contributed by atoms with Crippen LogP contribution >= 0.6 is 11.9 Å². The van der Waals surface area contributed by atoms with E-state index in [4.69, 9.17) is 4.74 Å². The predicted octanol–water partition coefficient (Wildman–Crippen LogP) is 5.82. The Hall–Kier alpha value is -2.61. The number of halogens is 3. The van der Waals surface area contributed by atoms with E-state index in [0.717, 1.165) is 29.1 Å². The number of amides is 1. The van der Waals surface area contributed by atoms with Crippen molar-refractivity contribution in [3.05, 3.63) is 64.3 Å². The number of carbonyl (C=O) groups excluding carboxylic acids is 1. The molecule has 0 saturated heterocycles. The third-order valence-electron chi connectivity index (χ3n) is 4.97. The highest BCUT2D eigenvalue weighted by Crippen LogP contribution is 2.38. The van der Waals surface area contributed by atoms with Gasteiger partial charge >= 0.3 is 6.18 Å². The number of rotatable bonds is 7. The molecule has 0 aliphatic carbocycles. The Balaban J connectivity index is 1.87. The molecule has 3 aromatic rings. The first-order valence-corrected chi connectivity index (χ1v) is 10.7. The summed E-state index contributed by atoms with van der Waals surface area (Å²) < 4.78 is 49.1. The lowest BCUT2D eigenvalue weighted by Gasteiger charge is -2.11. The third-order valence-corrected chi connectivity index (χ3v) is 5.36. The standard InChI is InChI=1S/C22H23F3N2O2S/c1-13-9-10-15(12-14(13)2)29-11-5-6-16-19-17(22(23,24)25)7-4-8-18(19)26-20(16)21(28)27-30-3/h4,7-10,12,26H,5-6,11H2,1-3H3,(H,27,28). The van der Waals surface area contributed by atoms with E-state index in [1.807, 2.05) is 32.0 Å². The summed E-state index contributed by atoms with van der Waals surface area (Å²) >= 11 is 1.09. The first-order chi connectivity index (χ1) is 14.2. The number of aromatic nitrogens is 1. The number of hydrogen-bond donors (Lipinski definition) is 2. The van der Waals surface area contributed by atoms with Crippen LogP contribution in [0.1, 0.15) is 39.2 Å². The molecule has 0 aliphatic rings. The van der Waals surface area contributed by atoms with Crippen LogP contribution in [0.25, 0.3) is 10.9 Å². The third kappa shape index (κ3) is 4.75. The highest BCUT2D eigenvalue weighted by molar-refractivity contribution is 7.97. The second kappa shape index (κ2) is 9.04. The Kier molecular flexibility index (Phi) is 6.65. The number of carbonyl (C=O) groups is 1. The molecule has 3 rings (SSSR count). The summed E-state index contributed by atoms with van der Waals surface area (Å²) in [6.07, 6.45) is -2.10. The lowest BCUT2D eigenvalue weighted by Crippen LogP contribution is -2.17. The number of hydrogen-bond acceptors (Lipinski definition) is 3. The molecule has 160 valence electrons. The van der Waals surface area contributed by atoms with E-state index in [0.29, 0.717) is 29.9 Å². The van der Waals surface area contributed by atoms with Gasteiger partial charge in [0.05, 0.1) is 12.2 Å². The van der Waals surface area contributed by atoms with Crippen molar-refractivity contribution in [2.24, 2.45) is 0 Å². The minimum atomic E-state index is -4.51. The van der Waals surface area contributed by atoms with Crippen molar-refractivity contribution in [1.82, 2.24) is 9.71 Å². The molecule has 1 amide bonds. The average molecular weight is 436 g/mol. The zero-order valence-electron chi connectivity index (χ0n) is 16.9. The Labute approximate surface area is 177 Å². The van der Waals surface area contributed by atoms with Crippen molar-refractivity contribution < 1.29 is 22.7 Å². The number of H-pyrrole nitrogens is 1. The van der Waals surface area contributed by atoms with Crippen LogP contribution in [0.15, 0.2) is 36.4 Å². The molecular weight excluding hydrogens is 413 g/mol. The average Bonchev–Trinajstić information content (AvgIpc) is 3.06. The molecule has 0 fully saturated rings. The van der Waals surface area contributed by atoms with Gasteiger partial charge in [-0.25, -0.2) is 0 Å². The van der Waals surface area contributed by atoms with Crippen LogP contribution in [0.5, 0.6) is 5.75 Å².